The van der Waals surface area contributed by atoms with Crippen molar-refractivity contribution in [2.45, 2.75) is 13.5 Å². The molecule has 7 heteroatoms. The van der Waals surface area contributed by atoms with Gasteiger partial charge in [0.25, 0.3) is 11.1 Å². The summed E-state index contributed by atoms with van der Waals surface area (Å²) in [5, 5.41) is 1.47. The van der Waals surface area contributed by atoms with Gasteiger partial charge >= 0.3 is 0 Å². The molecule has 4 aromatic rings. The van der Waals surface area contributed by atoms with Gasteiger partial charge in [-0.15, -0.1) is 0 Å². The zero-order valence-electron chi connectivity index (χ0n) is 20.1. The Labute approximate surface area is 218 Å². The minimum atomic E-state index is -0.379. The van der Waals surface area contributed by atoms with E-state index in [1.807, 2.05) is 61.5 Å². The first-order chi connectivity index (χ1) is 18.0. The van der Waals surface area contributed by atoms with E-state index in [9.17, 15) is 14.0 Å². The second-order valence-corrected chi connectivity index (χ2v) is 9.57. The van der Waals surface area contributed by atoms with E-state index in [-0.39, 0.29) is 36.7 Å². The van der Waals surface area contributed by atoms with Gasteiger partial charge < -0.3 is 9.47 Å². The highest BCUT2D eigenvalue weighted by Gasteiger charge is 2.35. The Kier molecular flexibility index (Phi) is 7.23. The van der Waals surface area contributed by atoms with Gasteiger partial charge in [0.2, 0.25) is 0 Å². The first kappa shape index (κ1) is 24.6. The second kappa shape index (κ2) is 10.9. The van der Waals surface area contributed by atoms with Crippen LogP contribution >= 0.6 is 11.8 Å². The number of carbonyl (C=O) groups is 2. The zero-order valence-corrected chi connectivity index (χ0v) is 21.0. The Morgan fingerprint density at radius 3 is 2.46 bits per heavy atom. The van der Waals surface area contributed by atoms with Gasteiger partial charge in [-0.2, -0.15) is 0 Å². The van der Waals surface area contributed by atoms with Gasteiger partial charge in [-0.25, -0.2) is 4.39 Å². The first-order valence-corrected chi connectivity index (χ1v) is 12.6. The predicted molar refractivity (Wildman–Crippen MR) is 144 cm³/mol. The molecule has 1 heterocycles. The molecule has 0 aliphatic carbocycles. The van der Waals surface area contributed by atoms with Crippen molar-refractivity contribution < 1.29 is 23.5 Å². The molecule has 0 aromatic heterocycles. The summed E-state index contributed by atoms with van der Waals surface area (Å²) in [5.41, 5.74) is 2.21. The van der Waals surface area contributed by atoms with Crippen LogP contribution in [0.25, 0.3) is 16.8 Å². The van der Waals surface area contributed by atoms with Crippen LogP contribution in [0.1, 0.15) is 16.7 Å². The van der Waals surface area contributed by atoms with Crippen LogP contribution in [0.3, 0.4) is 0 Å². The summed E-state index contributed by atoms with van der Waals surface area (Å²) in [6.07, 6.45) is 1.69. The minimum absolute atomic E-state index is 0.0314. The predicted octanol–water partition coefficient (Wildman–Crippen LogP) is 6.98. The number of nitrogens with zero attached hydrogens (tertiary/aromatic N) is 1. The zero-order chi connectivity index (χ0) is 25.8. The third-order valence-corrected chi connectivity index (χ3v) is 6.93. The van der Waals surface area contributed by atoms with Crippen molar-refractivity contribution in [3.05, 3.63) is 112 Å². The lowest BCUT2D eigenvalue weighted by molar-refractivity contribution is -0.123. The number of benzene rings is 4. The third-order valence-electron chi connectivity index (χ3n) is 6.03. The lowest BCUT2D eigenvalue weighted by Crippen LogP contribution is -2.32. The van der Waals surface area contributed by atoms with Crippen LogP contribution in [0, 0.1) is 12.7 Å². The van der Waals surface area contributed by atoms with Gasteiger partial charge in [0.15, 0.2) is 0 Å². The molecule has 0 unspecified atom stereocenters. The summed E-state index contributed by atoms with van der Waals surface area (Å²) in [6, 6.07) is 25.4. The van der Waals surface area contributed by atoms with Crippen molar-refractivity contribution in [2.24, 2.45) is 0 Å². The molecule has 0 N–H and O–H groups in total. The third kappa shape index (κ3) is 5.52. The maximum atomic E-state index is 14.1. The Morgan fingerprint density at radius 1 is 0.892 bits per heavy atom. The van der Waals surface area contributed by atoms with Crippen molar-refractivity contribution in [1.82, 2.24) is 4.90 Å². The highest BCUT2D eigenvalue weighted by molar-refractivity contribution is 8.18. The number of amides is 2. The SMILES string of the molecule is Cc1ccc(OCCN2C(=O)S/C(=C\c3c(OCc4ccccc4F)ccc4ccccc34)C2=O)cc1. The molecule has 0 spiro atoms. The highest BCUT2D eigenvalue weighted by Crippen LogP contribution is 2.37. The normalized spacial score (nSPS) is 14.5. The Balaban J connectivity index is 1.38. The van der Waals surface area contributed by atoms with Crippen LogP contribution in [0.2, 0.25) is 0 Å². The van der Waals surface area contributed by atoms with Crippen LogP contribution in [-0.2, 0) is 11.4 Å². The maximum Gasteiger partial charge on any atom is 0.293 e. The molecule has 4 aromatic carbocycles. The fourth-order valence-electron chi connectivity index (χ4n) is 4.03. The standard InChI is InChI=1S/C30H24FNO4S/c1-20-10-13-23(14-11-20)35-17-16-32-29(33)28(37-30(32)34)18-25-24-8-4-2-6-21(24)12-15-27(25)36-19-22-7-3-5-9-26(22)31/h2-15,18H,16-17,19H2,1H3/b28-18-. The van der Waals surface area contributed by atoms with E-state index in [1.165, 1.54) is 11.0 Å². The van der Waals surface area contributed by atoms with E-state index in [2.05, 4.69) is 0 Å². The number of carbonyl (C=O) groups excluding carboxylic acids is 2. The molecule has 1 aliphatic rings. The van der Waals surface area contributed by atoms with Crippen LogP contribution in [-0.4, -0.2) is 29.2 Å². The van der Waals surface area contributed by atoms with Crippen LogP contribution < -0.4 is 9.47 Å². The molecule has 0 radical (unpaired) electrons. The van der Waals surface area contributed by atoms with E-state index >= 15 is 0 Å². The maximum absolute atomic E-state index is 14.1. The number of fused-ring (bicyclic) bond motifs is 1. The molecular weight excluding hydrogens is 489 g/mol. The van der Waals surface area contributed by atoms with Gasteiger partial charge in [0.1, 0.15) is 30.5 Å². The molecule has 2 amide bonds. The monoisotopic (exact) mass is 513 g/mol. The number of hydrogen-bond acceptors (Lipinski definition) is 5. The van der Waals surface area contributed by atoms with Crippen LogP contribution in [0.4, 0.5) is 9.18 Å². The average molecular weight is 514 g/mol. The van der Waals surface area contributed by atoms with Crippen molar-refractivity contribution in [2.75, 3.05) is 13.2 Å². The molecule has 0 saturated carbocycles. The highest BCUT2D eigenvalue weighted by atomic mass is 32.2. The summed E-state index contributed by atoms with van der Waals surface area (Å²) in [7, 11) is 0. The first-order valence-electron chi connectivity index (χ1n) is 11.8. The smallest absolute Gasteiger partial charge is 0.293 e. The fraction of sp³-hybridized carbons (Fsp3) is 0.133. The molecule has 1 aliphatic heterocycles. The molecule has 186 valence electrons. The minimum Gasteiger partial charge on any atom is -0.492 e. The van der Waals surface area contributed by atoms with E-state index in [0.29, 0.717) is 27.5 Å². The summed E-state index contributed by atoms with van der Waals surface area (Å²) < 4.78 is 25.9. The van der Waals surface area contributed by atoms with Gasteiger partial charge in [-0.3, -0.25) is 14.5 Å². The number of thioether (sulfide) groups is 1. The van der Waals surface area contributed by atoms with Crippen molar-refractivity contribution in [1.29, 1.82) is 0 Å². The average Bonchev–Trinajstić information content (AvgIpc) is 3.17. The van der Waals surface area contributed by atoms with Gasteiger partial charge in [-0.1, -0.05) is 66.2 Å². The Morgan fingerprint density at radius 2 is 1.65 bits per heavy atom. The van der Waals surface area contributed by atoms with E-state index in [4.69, 9.17) is 9.47 Å². The van der Waals surface area contributed by atoms with Crippen molar-refractivity contribution >= 4 is 39.8 Å². The number of ether oxygens (including phenoxy) is 2. The topological polar surface area (TPSA) is 55.8 Å². The van der Waals surface area contributed by atoms with Crippen LogP contribution in [0.15, 0.2) is 89.8 Å². The van der Waals surface area contributed by atoms with Crippen molar-refractivity contribution in [3.63, 3.8) is 0 Å². The Bertz CT molecular complexity index is 1500. The van der Waals surface area contributed by atoms with Gasteiger partial charge in [-0.05, 0) is 59.8 Å². The summed E-state index contributed by atoms with van der Waals surface area (Å²) >= 11 is 0.886. The molecule has 1 fully saturated rings. The van der Waals surface area contributed by atoms with Gasteiger partial charge in [0.05, 0.1) is 11.4 Å². The molecular formula is C30H24FNO4S. The summed E-state index contributed by atoms with van der Waals surface area (Å²) in [5.74, 6) is 0.450. The van der Waals surface area contributed by atoms with E-state index in [0.717, 1.165) is 28.1 Å². The quantitative estimate of drug-likeness (QED) is 0.238. The van der Waals surface area contributed by atoms with Gasteiger partial charge in [0, 0.05) is 11.1 Å². The Hall–Kier alpha value is -4.10. The van der Waals surface area contributed by atoms with Crippen molar-refractivity contribution in [3.8, 4) is 11.5 Å². The molecule has 1 saturated heterocycles. The number of imide groups is 1. The number of hydrogen-bond donors (Lipinski definition) is 0. The molecule has 5 rings (SSSR count). The fourth-order valence-corrected chi connectivity index (χ4v) is 4.88. The van der Waals surface area contributed by atoms with E-state index in [1.54, 1.807) is 30.3 Å². The molecule has 0 bridgehead atoms. The number of halogens is 1. The number of rotatable bonds is 8. The second-order valence-electron chi connectivity index (χ2n) is 8.57. The summed E-state index contributed by atoms with van der Waals surface area (Å²) in [4.78, 5) is 27.3. The molecule has 37 heavy (non-hydrogen) atoms. The molecule has 0 atom stereocenters. The summed E-state index contributed by atoms with van der Waals surface area (Å²) in [6.45, 7) is 2.36. The number of aryl methyl sites for hydroxylation is 1. The lowest BCUT2D eigenvalue weighted by atomic mass is 10.0. The molecule has 5 nitrogen and oxygen atoms in total. The van der Waals surface area contributed by atoms with Crippen LogP contribution in [0.5, 0.6) is 11.5 Å². The largest absolute Gasteiger partial charge is 0.492 e. The van der Waals surface area contributed by atoms with E-state index < -0.39 is 0 Å². The lowest BCUT2D eigenvalue weighted by Gasteiger charge is -2.14.